The summed E-state index contributed by atoms with van der Waals surface area (Å²) in [6, 6.07) is 11.5. The third-order valence-electron chi connectivity index (χ3n) is 26.5. The van der Waals surface area contributed by atoms with Crippen molar-refractivity contribution in [2.75, 3.05) is 0 Å². The fourth-order valence-electron chi connectivity index (χ4n) is 26.2. The molecular formula is C72H8O3. The highest BCUT2D eigenvalue weighted by atomic mass is 16.5. The summed E-state index contributed by atoms with van der Waals surface area (Å²) in [6.07, 6.45) is 0. The highest BCUT2D eigenvalue weighted by Gasteiger charge is 2.89. The summed E-state index contributed by atoms with van der Waals surface area (Å²) in [5.74, 6) is 0.314. The molecule has 0 saturated heterocycles. The number of hydrogen-bond donors (Lipinski definition) is 1. The van der Waals surface area contributed by atoms with E-state index >= 15 is 4.79 Å². The van der Waals surface area contributed by atoms with Gasteiger partial charge in [-0.05, 0) is 348 Å². The van der Waals surface area contributed by atoms with E-state index in [1.54, 1.807) is 217 Å². The first kappa shape index (κ1) is 28.0. The molecule has 5 aliphatic rings. The summed E-state index contributed by atoms with van der Waals surface area (Å²) < 4.78 is 7.11. The van der Waals surface area contributed by atoms with Crippen molar-refractivity contribution in [2.24, 2.45) is 5.92 Å². The molecule has 3 heteroatoms. The van der Waals surface area contributed by atoms with Crippen molar-refractivity contribution in [3.8, 4) is 11.5 Å². The second-order valence-corrected chi connectivity index (χ2v) is 26.9. The van der Waals surface area contributed by atoms with Crippen LogP contribution < -0.4 is 4.74 Å². The van der Waals surface area contributed by atoms with Crippen LogP contribution in [0.1, 0.15) is 22.3 Å². The number of hydrogen-bond acceptors (Lipinski definition) is 3. The van der Waals surface area contributed by atoms with Crippen LogP contribution >= 0.6 is 0 Å². The van der Waals surface area contributed by atoms with Crippen LogP contribution in [0.4, 0.5) is 0 Å². The van der Waals surface area contributed by atoms with Crippen LogP contribution in [0.5, 0.6) is 11.5 Å². The van der Waals surface area contributed by atoms with Gasteiger partial charge in [0.2, 0.25) is 0 Å². The average molecular weight is 921 g/mol. The summed E-state index contributed by atoms with van der Waals surface area (Å²) in [6.45, 7) is 0. The fourth-order valence-corrected chi connectivity index (χ4v) is 26.2. The highest BCUT2D eigenvalue weighted by molar-refractivity contribution is 6.82. The molecule has 0 radical (unpaired) electrons. The van der Waals surface area contributed by atoms with Crippen LogP contribution in [0.3, 0.4) is 0 Å². The predicted molar refractivity (Wildman–Crippen MR) is 309 cm³/mol. The van der Waals surface area contributed by atoms with Gasteiger partial charge in [0.05, 0.1) is 16.7 Å². The normalized spacial score (nSPS) is 22.5. The maximum atomic E-state index is 16.8. The van der Waals surface area contributed by atoms with E-state index in [0.717, 1.165) is 10.8 Å². The van der Waals surface area contributed by atoms with Gasteiger partial charge in [-0.2, -0.15) is 0 Å². The van der Waals surface area contributed by atoms with Crippen LogP contribution in [0.2, 0.25) is 0 Å². The molecule has 1 saturated carbocycles. The van der Waals surface area contributed by atoms with Crippen molar-refractivity contribution in [2.45, 2.75) is 10.8 Å². The molecule has 2 spiro atoms. The van der Waals surface area contributed by atoms with Crippen LogP contribution in [-0.4, -0.2) is 11.1 Å². The van der Waals surface area contributed by atoms with Gasteiger partial charge in [0.25, 0.3) is 0 Å². The number of esters is 1. The van der Waals surface area contributed by atoms with Gasteiger partial charge in [-0.1, -0.05) is 12.1 Å². The number of rotatable bonds is 2. The summed E-state index contributed by atoms with van der Waals surface area (Å²) in [7, 11) is 0. The molecule has 5 aliphatic carbocycles. The van der Waals surface area contributed by atoms with Gasteiger partial charge in [-0.3, -0.25) is 4.79 Å². The summed E-state index contributed by atoms with van der Waals surface area (Å²) in [5.41, 5.74) is 4.81. The van der Waals surface area contributed by atoms with Crippen molar-refractivity contribution in [1.29, 1.82) is 0 Å². The van der Waals surface area contributed by atoms with E-state index in [9.17, 15) is 5.11 Å². The highest BCUT2D eigenvalue weighted by Crippen LogP contribution is 2.92. The van der Waals surface area contributed by atoms with Crippen molar-refractivity contribution in [3.05, 3.63) is 58.7 Å². The first-order chi connectivity index (χ1) is 37.2. The van der Waals surface area contributed by atoms with E-state index in [1.165, 1.54) is 108 Å². The molecule has 0 aromatic heterocycles. The Hall–Kier alpha value is -9.57. The topological polar surface area (TPSA) is 46.5 Å². The van der Waals surface area contributed by atoms with Crippen LogP contribution in [0.25, 0.3) is 302 Å². The van der Waals surface area contributed by atoms with Gasteiger partial charge in [-0.25, -0.2) is 0 Å². The molecule has 0 amide bonds. The number of carbonyl (C=O) groups is 1. The average Bonchev–Trinajstić information content (AvgIpc) is 1.95. The van der Waals surface area contributed by atoms with Crippen LogP contribution in [0.15, 0.2) is 36.4 Å². The molecule has 3 nitrogen and oxygen atoms in total. The molecule has 30 aromatic rings. The Morgan fingerprint density at radius 1 is 0.280 bits per heavy atom. The second-order valence-electron chi connectivity index (χ2n) is 26.9. The maximum absolute atomic E-state index is 16.8. The molecule has 314 valence electrons. The summed E-state index contributed by atoms with van der Waals surface area (Å²) in [4.78, 5) is 16.8. The Morgan fingerprint density at radius 3 is 0.720 bits per heavy atom. The van der Waals surface area contributed by atoms with Crippen molar-refractivity contribution < 1.29 is 14.6 Å². The van der Waals surface area contributed by atoms with Gasteiger partial charge >= 0.3 is 5.97 Å². The number of fused-ring (bicyclic) bond motifs is 1. The lowest BCUT2D eigenvalue weighted by Crippen LogP contribution is -2.27. The Kier molecular flexibility index (Phi) is 2.39. The summed E-state index contributed by atoms with van der Waals surface area (Å²) >= 11 is 0. The largest absolute Gasteiger partial charge is 0.508 e. The van der Waals surface area contributed by atoms with Crippen molar-refractivity contribution in [1.82, 2.24) is 0 Å². The number of phenols is 1. The fraction of sp³-hybridized carbons (Fsp3) is 0.0417. The minimum absolute atomic E-state index is 0.0804. The Bertz CT molecular complexity index is 7310. The van der Waals surface area contributed by atoms with Crippen molar-refractivity contribution in [3.63, 3.8) is 0 Å². The lowest BCUT2D eigenvalue weighted by Gasteiger charge is -2.32. The first-order valence-electron chi connectivity index (χ1n) is 27.4. The lowest BCUT2D eigenvalue weighted by molar-refractivity contribution is -0.136. The number of ether oxygens (including phenoxy) is 1. The minimum atomic E-state index is -0.613. The van der Waals surface area contributed by atoms with E-state index < -0.39 is 16.7 Å². The zero-order chi connectivity index (χ0) is 44.9. The lowest BCUT2D eigenvalue weighted by atomic mass is 9.68. The third-order valence-corrected chi connectivity index (χ3v) is 26.5. The van der Waals surface area contributed by atoms with Crippen molar-refractivity contribution >= 4 is 308 Å². The molecule has 1 N–H and O–H groups in total. The number of carbonyl (C=O) groups excluding carboxylic acids is 1. The Balaban J connectivity index is 1.02. The van der Waals surface area contributed by atoms with E-state index in [4.69, 9.17) is 4.74 Å². The van der Waals surface area contributed by atoms with Gasteiger partial charge in [-0.15, -0.1) is 0 Å². The second kappa shape index (κ2) is 6.39. The monoisotopic (exact) mass is 920 g/mol. The maximum Gasteiger partial charge on any atom is 0.316 e. The number of benzene rings is 20. The molecule has 35 rings (SSSR count). The SMILES string of the molecule is O=C(Oc1ccc2cc(O)ccc2c1)C1C23c4c5c6c7c8c9c(c%10c%11c2c2c4c4c%12c5c5c6c6c8c8c%13c9c9c%10c%10c%11c%11c2c2c4c4c%12c%12c5c5c6c8c6c8c%13c9c9c%10c%10c%11c2c2c4c4c%12c5c6c5c8c9c%10c2c45)C713. The van der Waals surface area contributed by atoms with Crippen LogP contribution in [0, 0.1) is 5.92 Å². The molecule has 30 aromatic carbocycles. The van der Waals surface area contributed by atoms with Gasteiger partial charge in [0.1, 0.15) is 11.5 Å². The molecule has 0 aliphatic heterocycles. The molecular weight excluding hydrogens is 913 g/mol. The number of aromatic hydroxyl groups is 1. The Morgan fingerprint density at radius 2 is 0.480 bits per heavy atom. The van der Waals surface area contributed by atoms with E-state index in [0.29, 0.717) is 5.75 Å². The van der Waals surface area contributed by atoms with Crippen LogP contribution in [-0.2, 0) is 15.6 Å². The van der Waals surface area contributed by atoms with E-state index in [2.05, 4.69) is 0 Å². The minimum Gasteiger partial charge on any atom is -0.508 e. The smallest absolute Gasteiger partial charge is 0.316 e. The Labute approximate surface area is 406 Å². The summed E-state index contributed by atoms with van der Waals surface area (Å²) in [5, 5.41) is 96.8. The first-order valence-corrected chi connectivity index (χ1v) is 27.4. The molecule has 0 bridgehead atoms. The quantitative estimate of drug-likeness (QED) is 0.107. The molecule has 1 fully saturated rings. The van der Waals surface area contributed by atoms with Gasteiger partial charge < -0.3 is 9.84 Å². The standard InChI is InChI=1S/C72H8O3/c73-9-3-1-8-6-10(4-2-7(8)5-9)75-70(74)69-71-65-57-49-39-29-21-13-11-12-15-19-17(13)25-33-27(19)37-31-23(15)24-16(12)20-18-14(11)22(21)30-36-26(18)34-28(20)38-32(24)42-41(31)51-45(37)55-47(33)53(43(49)35(25)29)61(65)63(55)67-59(51)60-52(42)46(38)56-48(34)54-44(36)50(40(30)39)58(57)66(71)62(54)64(56)68(60)72(67,69)71/h1-6,69,73H. The van der Waals surface area contributed by atoms with Gasteiger partial charge in [0.15, 0.2) is 0 Å². The molecule has 75 heavy (non-hydrogen) atoms. The van der Waals surface area contributed by atoms with E-state index in [-0.39, 0.29) is 11.7 Å². The zero-order valence-electron chi connectivity index (χ0n) is 37.8. The third kappa shape index (κ3) is 1.54. The van der Waals surface area contributed by atoms with E-state index in [1.807, 2.05) is 24.3 Å². The molecule has 0 unspecified atom stereocenters. The molecule has 0 heterocycles. The van der Waals surface area contributed by atoms with Gasteiger partial charge in [0, 0.05) is 0 Å². The zero-order valence-corrected chi connectivity index (χ0v) is 37.8. The number of phenolic OH excluding ortho intramolecular Hbond substituents is 1. The predicted octanol–water partition coefficient (Wildman–Crippen LogP) is 18.4. The molecule has 0 atom stereocenters.